The van der Waals surface area contributed by atoms with E-state index in [1.165, 1.54) is 0 Å². The Kier molecular flexibility index (Phi) is 4.92. The van der Waals surface area contributed by atoms with Gasteiger partial charge in [0.2, 0.25) is 5.12 Å². The summed E-state index contributed by atoms with van der Waals surface area (Å²) in [6, 6.07) is 8.61. The second-order valence-electron chi connectivity index (χ2n) is 6.18. The second-order valence-corrected chi connectivity index (χ2v) is 7.22. The lowest BCUT2D eigenvalue weighted by Gasteiger charge is -2.35. The lowest BCUT2D eigenvalue weighted by atomic mass is 9.95. The fourth-order valence-electron chi connectivity index (χ4n) is 3.15. The molecule has 1 aliphatic rings. The van der Waals surface area contributed by atoms with Crippen LogP contribution < -0.4 is 0 Å². The molecule has 4 nitrogen and oxygen atoms in total. The lowest BCUT2D eigenvalue weighted by Crippen LogP contribution is -2.51. The van der Waals surface area contributed by atoms with Crippen molar-refractivity contribution in [3.63, 3.8) is 0 Å². The van der Waals surface area contributed by atoms with Crippen LogP contribution >= 0.6 is 11.8 Å². The first-order chi connectivity index (χ1) is 11.5. The highest BCUT2D eigenvalue weighted by atomic mass is 32.2. The van der Waals surface area contributed by atoms with E-state index in [0.717, 1.165) is 35.2 Å². The average Bonchev–Trinajstić information content (AvgIpc) is 3.07. The van der Waals surface area contributed by atoms with E-state index in [4.69, 9.17) is 4.42 Å². The normalized spacial score (nSPS) is 17.6. The highest BCUT2D eigenvalue weighted by Gasteiger charge is 2.41. The summed E-state index contributed by atoms with van der Waals surface area (Å²) in [5.41, 5.74) is 1.36. The van der Waals surface area contributed by atoms with Crippen LogP contribution in [0.4, 0.5) is 0 Å². The molecule has 1 atom stereocenters. The Morgan fingerprint density at radius 1 is 1.21 bits per heavy atom. The van der Waals surface area contributed by atoms with Crippen molar-refractivity contribution in [3.8, 4) is 11.3 Å². The molecule has 0 N–H and O–H groups in total. The Morgan fingerprint density at radius 3 is 2.62 bits per heavy atom. The highest BCUT2D eigenvalue weighted by Crippen LogP contribution is 2.39. The molecule has 3 rings (SSSR count). The molecule has 1 aromatic carbocycles. The highest BCUT2D eigenvalue weighted by molar-refractivity contribution is 8.14. The van der Waals surface area contributed by atoms with Gasteiger partial charge in [0.05, 0.1) is 6.26 Å². The number of thioether (sulfide) groups is 1. The van der Waals surface area contributed by atoms with Gasteiger partial charge in [-0.25, -0.2) is 0 Å². The maximum absolute atomic E-state index is 13.2. The number of rotatable bonds is 5. The lowest BCUT2D eigenvalue weighted by molar-refractivity contribution is -0.115. The van der Waals surface area contributed by atoms with Crippen LogP contribution in [0.1, 0.15) is 37.6 Å². The smallest absolute Gasteiger partial charge is 0.218 e. The second kappa shape index (κ2) is 6.95. The molecule has 0 radical (unpaired) electrons. The van der Waals surface area contributed by atoms with Crippen molar-refractivity contribution in [1.29, 1.82) is 0 Å². The van der Waals surface area contributed by atoms with E-state index < -0.39 is 6.04 Å². The SMILES string of the molecule is CCCN(C(C)C)C1C(=O)Sc2cccc(-c3ccco3)c2C1=O. The van der Waals surface area contributed by atoms with E-state index >= 15 is 0 Å². The van der Waals surface area contributed by atoms with Crippen molar-refractivity contribution in [3.05, 3.63) is 42.2 Å². The first kappa shape index (κ1) is 17.0. The number of fused-ring (bicyclic) bond motifs is 1. The van der Waals surface area contributed by atoms with Gasteiger partial charge in [-0.2, -0.15) is 0 Å². The molecule has 5 heteroatoms. The number of benzene rings is 1. The van der Waals surface area contributed by atoms with E-state index in [1.54, 1.807) is 12.3 Å². The molecule has 0 bridgehead atoms. The molecule has 0 fully saturated rings. The number of nitrogens with zero attached hydrogens (tertiary/aromatic N) is 1. The first-order valence-corrected chi connectivity index (χ1v) is 9.04. The standard InChI is InChI=1S/C19H21NO3S/c1-4-10-20(12(2)3)17-18(21)16-13(14-8-6-11-23-14)7-5-9-15(16)24-19(17)22/h5-9,11-12,17H,4,10H2,1-3H3. The van der Waals surface area contributed by atoms with Crippen molar-refractivity contribution < 1.29 is 14.0 Å². The minimum atomic E-state index is -0.724. The molecule has 24 heavy (non-hydrogen) atoms. The molecule has 126 valence electrons. The zero-order chi connectivity index (χ0) is 17.3. The summed E-state index contributed by atoms with van der Waals surface area (Å²) in [6.45, 7) is 6.82. The third-order valence-electron chi connectivity index (χ3n) is 4.22. The van der Waals surface area contributed by atoms with Gasteiger partial charge in [-0.15, -0.1) is 0 Å². The van der Waals surface area contributed by atoms with Crippen molar-refractivity contribution >= 4 is 22.7 Å². The molecular weight excluding hydrogens is 322 g/mol. The zero-order valence-electron chi connectivity index (χ0n) is 14.1. The van der Waals surface area contributed by atoms with Gasteiger partial charge in [-0.1, -0.05) is 19.1 Å². The molecule has 2 aromatic rings. The number of hydrogen-bond acceptors (Lipinski definition) is 5. The molecule has 0 amide bonds. The van der Waals surface area contributed by atoms with Crippen molar-refractivity contribution in [2.45, 2.75) is 44.2 Å². The maximum atomic E-state index is 13.2. The molecule has 1 unspecified atom stereocenters. The Hall–Kier alpha value is -1.85. The molecule has 1 aromatic heterocycles. The summed E-state index contributed by atoms with van der Waals surface area (Å²) in [6.07, 6.45) is 2.49. The minimum absolute atomic E-state index is 0.0914. The van der Waals surface area contributed by atoms with Crippen LogP contribution in [0, 0.1) is 0 Å². The van der Waals surface area contributed by atoms with Crippen LogP contribution in [0.3, 0.4) is 0 Å². The Balaban J connectivity index is 2.09. The monoisotopic (exact) mass is 343 g/mol. The van der Waals surface area contributed by atoms with E-state index in [-0.39, 0.29) is 16.9 Å². The van der Waals surface area contributed by atoms with Gasteiger partial charge < -0.3 is 4.42 Å². The van der Waals surface area contributed by atoms with Gasteiger partial charge in [-0.05, 0) is 56.8 Å². The third-order valence-corrected chi connectivity index (χ3v) is 5.20. The van der Waals surface area contributed by atoms with Crippen LogP contribution in [0.15, 0.2) is 45.9 Å². The summed E-state index contributed by atoms with van der Waals surface area (Å²) in [5.74, 6) is 0.531. The molecule has 0 saturated carbocycles. The van der Waals surface area contributed by atoms with Crippen molar-refractivity contribution in [2.24, 2.45) is 0 Å². The fourth-order valence-corrected chi connectivity index (χ4v) is 4.18. The van der Waals surface area contributed by atoms with Crippen molar-refractivity contribution in [2.75, 3.05) is 6.54 Å². The van der Waals surface area contributed by atoms with Crippen LogP contribution in [0.2, 0.25) is 0 Å². The fraction of sp³-hybridized carbons (Fsp3) is 0.368. The van der Waals surface area contributed by atoms with Crippen LogP contribution in [0.25, 0.3) is 11.3 Å². The third kappa shape index (κ3) is 2.94. The molecule has 1 aliphatic heterocycles. The van der Waals surface area contributed by atoms with Crippen LogP contribution in [-0.4, -0.2) is 34.4 Å². The molecule has 0 saturated heterocycles. The summed E-state index contributed by atoms with van der Waals surface area (Å²) >= 11 is 1.16. The Bertz CT molecular complexity index is 752. The predicted octanol–water partition coefficient (Wildman–Crippen LogP) is 4.25. The number of carbonyl (C=O) groups excluding carboxylic acids is 2. The maximum Gasteiger partial charge on any atom is 0.218 e. The van der Waals surface area contributed by atoms with E-state index in [0.29, 0.717) is 11.3 Å². The average molecular weight is 343 g/mol. The largest absolute Gasteiger partial charge is 0.464 e. The van der Waals surface area contributed by atoms with Gasteiger partial charge in [-0.3, -0.25) is 14.5 Å². The Labute approximate surface area is 146 Å². The summed E-state index contributed by atoms with van der Waals surface area (Å²) < 4.78 is 5.49. The number of Topliss-reactive ketones (excluding diaryl/α,β-unsaturated/α-hetero) is 1. The molecule has 0 aliphatic carbocycles. The van der Waals surface area contributed by atoms with E-state index in [1.807, 2.05) is 43.0 Å². The zero-order valence-corrected chi connectivity index (χ0v) is 14.9. The predicted molar refractivity (Wildman–Crippen MR) is 95.3 cm³/mol. The van der Waals surface area contributed by atoms with Crippen LogP contribution in [-0.2, 0) is 4.79 Å². The number of ketones is 1. The molecular formula is C19H21NO3S. The van der Waals surface area contributed by atoms with Gasteiger partial charge in [0, 0.05) is 22.1 Å². The van der Waals surface area contributed by atoms with Crippen LogP contribution in [0.5, 0.6) is 0 Å². The van der Waals surface area contributed by atoms with Gasteiger partial charge in [0.15, 0.2) is 5.78 Å². The first-order valence-electron chi connectivity index (χ1n) is 8.23. The van der Waals surface area contributed by atoms with Gasteiger partial charge in [0.25, 0.3) is 0 Å². The molecule has 2 heterocycles. The number of hydrogen-bond donors (Lipinski definition) is 0. The van der Waals surface area contributed by atoms with Gasteiger partial charge in [0.1, 0.15) is 11.8 Å². The Morgan fingerprint density at radius 2 is 2.00 bits per heavy atom. The minimum Gasteiger partial charge on any atom is -0.464 e. The molecule has 0 spiro atoms. The quantitative estimate of drug-likeness (QED) is 0.760. The summed E-state index contributed by atoms with van der Waals surface area (Å²) in [4.78, 5) is 28.6. The van der Waals surface area contributed by atoms with Crippen molar-refractivity contribution in [1.82, 2.24) is 4.90 Å². The van der Waals surface area contributed by atoms with E-state index in [2.05, 4.69) is 6.92 Å². The summed E-state index contributed by atoms with van der Waals surface area (Å²) in [5, 5.41) is -0.0914. The van der Waals surface area contributed by atoms with Gasteiger partial charge >= 0.3 is 0 Å². The number of furan rings is 1. The van der Waals surface area contributed by atoms with E-state index in [9.17, 15) is 9.59 Å². The topological polar surface area (TPSA) is 50.5 Å². The summed E-state index contributed by atoms with van der Waals surface area (Å²) in [7, 11) is 0. The number of carbonyl (C=O) groups is 2.